The van der Waals surface area contributed by atoms with E-state index in [-0.39, 0.29) is 24.0 Å². The zero-order valence-corrected chi connectivity index (χ0v) is 28.1. The SMILES string of the molecule is CCCSP(=S)(OCC)Oc1ccc(Cl)cc1Cl.ClC1=C(Cl)C2(Cl)C3C4CC(C5OC45)C3C1(Cl)C2(Cl)Cl. The maximum Gasteiger partial charge on any atom is 0.297 e. The smallest absolute Gasteiger partial charge is 0.297 e. The number of rotatable bonds is 7. The lowest BCUT2D eigenvalue weighted by atomic mass is 9.73. The Morgan fingerprint density at radius 1 is 1.00 bits per heavy atom. The molecule has 5 aliphatic rings. The van der Waals surface area contributed by atoms with Crippen molar-refractivity contribution in [3.63, 3.8) is 0 Å². The van der Waals surface area contributed by atoms with Gasteiger partial charge in [0.2, 0.25) is 0 Å². The van der Waals surface area contributed by atoms with Gasteiger partial charge >= 0.3 is 0 Å². The molecule has 0 radical (unpaired) electrons. The predicted octanol–water partition coefficient (Wildman–Crippen LogP) is 10.3. The van der Waals surface area contributed by atoms with Crippen LogP contribution >= 0.6 is 110 Å². The highest BCUT2D eigenvalue weighted by molar-refractivity contribution is 8.68. The Bertz CT molecular complexity index is 1140. The van der Waals surface area contributed by atoms with Crippen molar-refractivity contribution < 1.29 is 13.8 Å². The summed E-state index contributed by atoms with van der Waals surface area (Å²) in [6.07, 6.45) is 2.65. The number of ether oxygens (including phenoxy) is 1. The van der Waals surface area contributed by atoms with Crippen molar-refractivity contribution in [1.29, 1.82) is 0 Å². The van der Waals surface area contributed by atoms with E-state index in [9.17, 15) is 0 Å². The average Bonchev–Trinajstić information content (AvgIpc) is 3.38. The van der Waals surface area contributed by atoms with Crippen LogP contribution in [0.5, 0.6) is 5.75 Å². The van der Waals surface area contributed by atoms with Gasteiger partial charge in [0.05, 0.1) is 33.9 Å². The van der Waals surface area contributed by atoms with E-state index < -0.39 is 19.8 Å². The van der Waals surface area contributed by atoms with Gasteiger partial charge in [0.15, 0.2) is 4.33 Å². The number of fused-ring (bicyclic) bond motifs is 12. The van der Waals surface area contributed by atoms with Gasteiger partial charge in [-0.05, 0) is 73.4 Å². The summed E-state index contributed by atoms with van der Waals surface area (Å²) in [5.74, 6) is 2.21. The van der Waals surface area contributed by atoms with Crippen LogP contribution in [0.1, 0.15) is 26.7 Å². The Morgan fingerprint density at radius 3 is 2.05 bits per heavy atom. The maximum absolute atomic E-state index is 6.82. The second kappa shape index (κ2) is 10.6. The molecule has 206 valence electrons. The van der Waals surface area contributed by atoms with E-state index >= 15 is 0 Å². The molecule has 6 rings (SSSR count). The minimum atomic E-state index is -2.38. The number of hydrogen-bond acceptors (Lipinski definition) is 5. The molecule has 14 heteroatoms. The highest BCUT2D eigenvalue weighted by atomic mass is 35.5. The van der Waals surface area contributed by atoms with E-state index in [0.29, 0.717) is 44.3 Å². The summed E-state index contributed by atoms with van der Waals surface area (Å²) in [4.78, 5) is -2.17. The van der Waals surface area contributed by atoms with Crippen LogP contribution in [-0.4, -0.2) is 38.6 Å². The van der Waals surface area contributed by atoms with Crippen molar-refractivity contribution in [3.8, 4) is 5.75 Å². The summed E-state index contributed by atoms with van der Waals surface area (Å²) in [7, 11) is 0. The second-order valence-corrected chi connectivity index (χ2v) is 20.1. The molecule has 1 aliphatic heterocycles. The predicted molar refractivity (Wildman–Crippen MR) is 163 cm³/mol. The third kappa shape index (κ3) is 4.47. The normalized spacial score (nSPS) is 41.1. The number of alkyl halides is 4. The molecule has 1 aromatic carbocycles. The molecule has 1 saturated heterocycles. The number of epoxide rings is 1. The van der Waals surface area contributed by atoms with E-state index in [2.05, 4.69) is 6.92 Å². The van der Waals surface area contributed by atoms with Crippen LogP contribution in [0, 0.1) is 23.7 Å². The highest BCUT2D eigenvalue weighted by Gasteiger charge is 2.89. The van der Waals surface area contributed by atoms with Gasteiger partial charge in [-0.2, -0.15) is 0 Å². The monoisotopic (exact) mass is 722 g/mol. The van der Waals surface area contributed by atoms with Crippen molar-refractivity contribution >= 4 is 122 Å². The quantitative estimate of drug-likeness (QED) is 0.121. The number of benzene rings is 1. The van der Waals surface area contributed by atoms with Crippen molar-refractivity contribution in [2.45, 2.75) is 53.0 Å². The maximum atomic E-state index is 6.82. The van der Waals surface area contributed by atoms with Crippen LogP contribution < -0.4 is 4.52 Å². The lowest BCUT2D eigenvalue weighted by Crippen LogP contribution is -2.46. The number of allylic oxidation sites excluding steroid dienone is 2. The van der Waals surface area contributed by atoms with Crippen LogP contribution in [0.2, 0.25) is 10.0 Å². The van der Waals surface area contributed by atoms with Crippen LogP contribution in [0.25, 0.3) is 0 Å². The van der Waals surface area contributed by atoms with E-state index in [1.54, 1.807) is 29.6 Å². The third-order valence-corrected chi connectivity index (χ3v) is 18.0. The van der Waals surface area contributed by atoms with Gasteiger partial charge in [0, 0.05) is 10.8 Å². The standard InChI is InChI=1S/C12H8Cl6O.C11H15Cl2O2PS2/c13-8-9(14)11(16)5-3-1-2(6-7(3)19-6)4(5)10(8,15)12(11,17)18;1-3-7-18-16(17,14-4-2)15-11-6-5-9(12)8-10(11)13/h2-7H,1H2;5-6,8H,3-4,7H2,1-2H3. The van der Waals surface area contributed by atoms with E-state index in [1.165, 1.54) is 0 Å². The molecule has 1 heterocycles. The minimum absolute atomic E-state index is 0.0467. The van der Waals surface area contributed by atoms with Crippen LogP contribution in [0.4, 0.5) is 0 Å². The fourth-order valence-corrected chi connectivity index (χ4v) is 14.7. The first-order valence-corrected chi connectivity index (χ1v) is 19.0. The topological polar surface area (TPSA) is 31.0 Å². The van der Waals surface area contributed by atoms with Gasteiger partial charge in [-0.15, -0.1) is 23.2 Å². The van der Waals surface area contributed by atoms with Gasteiger partial charge in [-0.25, -0.2) is 0 Å². The first-order valence-electron chi connectivity index (χ1n) is 11.8. The van der Waals surface area contributed by atoms with Gasteiger partial charge in [0.1, 0.15) is 15.5 Å². The van der Waals surface area contributed by atoms with Gasteiger partial charge in [0.25, 0.3) is 5.69 Å². The fourth-order valence-electron chi connectivity index (χ4n) is 6.42. The van der Waals surface area contributed by atoms with E-state index in [1.807, 2.05) is 6.92 Å². The molecule has 3 saturated carbocycles. The molecular formula is C23H23Cl8O3PS2. The van der Waals surface area contributed by atoms with Gasteiger partial charge in [-0.1, -0.05) is 87.9 Å². The molecule has 0 aromatic heterocycles. The van der Waals surface area contributed by atoms with Gasteiger partial charge in [-0.3, -0.25) is 0 Å². The van der Waals surface area contributed by atoms with Crippen LogP contribution in [-0.2, 0) is 21.1 Å². The largest absolute Gasteiger partial charge is 0.435 e. The Kier molecular flexibility index (Phi) is 8.74. The van der Waals surface area contributed by atoms with E-state index in [0.717, 1.165) is 18.6 Å². The molecule has 4 fully saturated rings. The highest BCUT2D eigenvalue weighted by Crippen LogP contribution is 2.84. The Balaban J connectivity index is 0.000000152. The minimum Gasteiger partial charge on any atom is -0.435 e. The molecule has 37 heavy (non-hydrogen) atoms. The first-order chi connectivity index (χ1) is 17.3. The summed E-state index contributed by atoms with van der Waals surface area (Å²) < 4.78 is 15.7. The Morgan fingerprint density at radius 2 is 1.57 bits per heavy atom. The molecule has 1 aromatic rings. The first kappa shape index (κ1) is 30.5. The molecule has 9 unspecified atom stereocenters. The lowest BCUT2D eigenvalue weighted by Gasteiger charge is -2.38. The molecule has 0 N–H and O–H groups in total. The average molecular weight is 726 g/mol. The van der Waals surface area contributed by atoms with E-state index in [4.69, 9.17) is 118 Å². The third-order valence-electron chi connectivity index (χ3n) is 7.77. The summed E-state index contributed by atoms with van der Waals surface area (Å²) in [6.45, 7) is 4.52. The summed E-state index contributed by atoms with van der Waals surface area (Å²) >= 11 is 58.5. The number of halogens is 8. The summed E-state index contributed by atoms with van der Waals surface area (Å²) in [5, 5.41) is 1.66. The van der Waals surface area contributed by atoms with Crippen LogP contribution in [0.3, 0.4) is 0 Å². The molecule has 3 nitrogen and oxygen atoms in total. The Labute approximate surface area is 266 Å². The van der Waals surface area contributed by atoms with Crippen molar-refractivity contribution in [1.82, 2.24) is 0 Å². The van der Waals surface area contributed by atoms with Crippen molar-refractivity contribution in [2.75, 3.05) is 12.4 Å². The zero-order chi connectivity index (χ0) is 27.1. The lowest BCUT2D eigenvalue weighted by molar-refractivity contribution is 0.237. The van der Waals surface area contributed by atoms with Crippen molar-refractivity contribution in [3.05, 3.63) is 38.3 Å². The second-order valence-electron chi connectivity index (χ2n) is 9.67. The zero-order valence-electron chi connectivity index (χ0n) is 19.5. The summed E-state index contributed by atoms with van der Waals surface area (Å²) in [5.41, 5.74) is -2.38. The molecule has 4 aliphatic carbocycles. The molecule has 4 bridgehead atoms. The molecule has 0 amide bonds. The molecule has 0 spiro atoms. The van der Waals surface area contributed by atoms with Crippen LogP contribution in [0.15, 0.2) is 28.3 Å². The molecule has 9 atom stereocenters. The van der Waals surface area contributed by atoms with Gasteiger partial charge < -0.3 is 13.8 Å². The summed E-state index contributed by atoms with van der Waals surface area (Å²) in [6, 6.07) is 5.07. The fraction of sp³-hybridized carbons (Fsp3) is 0.652. The Hall–Kier alpha value is 2.00. The number of hydrogen-bond donors (Lipinski definition) is 0. The van der Waals surface area contributed by atoms with Crippen molar-refractivity contribution in [2.24, 2.45) is 23.7 Å². The molecular weight excluding hydrogens is 703 g/mol.